The summed E-state index contributed by atoms with van der Waals surface area (Å²) in [5.41, 5.74) is 0.796. The van der Waals surface area contributed by atoms with Gasteiger partial charge in [0.25, 0.3) is 0 Å². The Labute approximate surface area is 64.1 Å². The molecule has 1 aliphatic rings. The molecule has 1 N–H and O–H groups in total. The fourth-order valence-corrected chi connectivity index (χ4v) is 1.16. The Balaban J connectivity index is 2.72. The van der Waals surface area contributed by atoms with Gasteiger partial charge in [0.15, 0.2) is 0 Å². The second-order valence-electron chi connectivity index (χ2n) is 2.57. The minimum atomic E-state index is -1.05. The molecule has 0 spiro atoms. The molecule has 4 heteroatoms. The molecule has 4 nitrogen and oxygen atoms in total. The van der Waals surface area contributed by atoms with Gasteiger partial charge in [-0.25, -0.2) is 4.79 Å². The number of likely N-dealkylation sites (tertiary alicyclic amines) is 1. The Morgan fingerprint density at radius 1 is 1.82 bits per heavy atom. The van der Waals surface area contributed by atoms with Crippen LogP contribution in [-0.2, 0) is 4.79 Å². The fourth-order valence-electron chi connectivity index (χ4n) is 1.16. The lowest BCUT2D eigenvalue weighted by Crippen LogP contribution is -2.35. The first kappa shape index (κ1) is 7.78. The molecule has 1 aliphatic heterocycles. The van der Waals surface area contributed by atoms with E-state index in [9.17, 15) is 9.59 Å². The van der Waals surface area contributed by atoms with Crippen LogP contribution in [0.2, 0.25) is 0 Å². The summed E-state index contributed by atoms with van der Waals surface area (Å²) in [5.74, 6) is 0. The van der Waals surface area contributed by atoms with Gasteiger partial charge in [-0.3, -0.25) is 4.90 Å². The molecule has 0 radical (unpaired) electrons. The van der Waals surface area contributed by atoms with Crippen LogP contribution in [0.25, 0.3) is 0 Å². The molecule has 1 amide bonds. The number of carboxylic acid groups (broad SMARTS) is 1. The second-order valence-corrected chi connectivity index (χ2v) is 2.57. The van der Waals surface area contributed by atoms with Gasteiger partial charge in [0, 0.05) is 6.54 Å². The maximum absolute atomic E-state index is 10.4. The molecule has 1 atom stereocenters. The predicted molar refractivity (Wildman–Crippen MR) is 38.3 cm³/mol. The Morgan fingerprint density at radius 2 is 2.45 bits per heavy atom. The maximum Gasteiger partial charge on any atom is 0.408 e. The summed E-state index contributed by atoms with van der Waals surface area (Å²) < 4.78 is 0. The summed E-state index contributed by atoms with van der Waals surface area (Å²) in [6.45, 7) is 3.91. The summed E-state index contributed by atoms with van der Waals surface area (Å²) in [6.07, 6.45) is 0.0583. The van der Waals surface area contributed by atoms with Crippen molar-refractivity contribution in [2.24, 2.45) is 0 Å². The third-order valence-electron chi connectivity index (χ3n) is 1.69. The lowest BCUT2D eigenvalue weighted by molar-refractivity contribution is -0.111. The molecule has 0 aromatic carbocycles. The van der Waals surface area contributed by atoms with E-state index in [1.54, 1.807) is 0 Å². The first-order chi connectivity index (χ1) is 5.15. The molecule has 60 valence electrons. The van der Waals surface area contributed by atoms with E-state index in [1.807, 2.05) is 0 Å². The van der Waals surface area contributed by atoms with E-state index in [-0.39, 0.29) is 0 Å². The lowest BCUT2D eigenvalue weighted by Gasteiger charge is -2.14. The average molecular weight is 155 g/mol. The van der Waals surface area contributed by atoms with Crippen LogP contribution in [0.3, 0.4) is 0 Å². The van der Waals surface area contributed by atoms with E-state index in [4.69, 9.17) is 5.11 Å². The number of carbonyl (C=O) groups is 2. The molecular formula is C7H9NO3. The highest BCUT2D eigenvalue weighted by Crippen LogP contribution is 2.19. The SMILES string of the molecule is C=C1CC(C=O)N(C(=O)O)C1. The highest BCUT2D eigenvalue weighted by atomic mass is 16.4. The molecule has 1 unspecified atom stereocenters. The Kier molecular flexibility index (Phi) is 1.94. The molecule has 11 heavy (non-hydrogen) atoms. The standard InChI is InChI=1S/C7H9NO3/c1-5-2-6(4-9)8(3-5)7(10)11/h4,6H,1-3H2,(H,10,11). The monoisotopic (exact) mass is 155 g/mol. The third-order valence-corrected chi connectivity index (χ3v) is 1.69. The van der Waals surface area contributed by atoms with Crippen LogP contribution >= 0.6 is 0 Å². The van der Waals surface area contributed by atoms with Crippen LogP contribution in [-0.4, -0.2) is 35.0 Å². The zero-order chi connectivity index (χ0) is 8.43. The van der Waals surface area contributed by atoms with Crippen molar-refractivity contribution >= 4 is 12.4 Å². The van der Waals surface area contributed by atoms with Gasteiger partial charge in [-0.1, -0.05) is 12.2 Å². The highest BCUT2D eigenvalue weighted by molar-refractivity contribution is 5.73. The van der Waals surface area contributed by atoms with E-state index >= 15 is 0 Å². The van der Waals surface area contributed by atoms with Gasteiger partial charge in [-0.15, -0.1) is 0 Å². The number of carbonyl (C=O) groups excluding carboxylic acids is 1. The molecule has 1 rings (SSSR count). The second kappa shape index (κ2) is 2.74. The van der Waals surface area contributed by atoms with Crippen LogP contribution in [0, 0.1) is 0 Å². The fraction of sp³-hybridized carbons (Fsp3) is 0.429. The minimum Gasteiger partial charge on any atom is -0.465 e. The van der Waals surface area contributed by atoms with Crippen LogP contribution in [0.5, 0.6) is 0 Å². The third kappa shape index (κ3) is 1.39. The quantitative estimate of drug-likeness (QED) is 0.443. The van der Waals surface area contributed by atoms with Crippen LogP contribution in [0.4, 0.5) is 4.79 Å². The van der Waals surface area contributed by atoms with E-state index < -0.39 is 12.1 Å². The molecule has 1 heterocycles. The Hall–Kier alpha value is -1.32. The average Bonchev–Trinajstić information content (AvgIpc) is 2.30. The maximum atomic E-state index is 10.4. The zero-order valence-corrected chi connectivity index (χ0v) is 5.99. The van der Waals surface area contributed by atoms with Crippen LogP contribution in [0.1, 0.15) is 6.42 Å². The summed E-state index contributed by atoms with van der Waals surface area (Å²) in [6, 6.07) is -0.514. The first-order valence-electron chi connectivity index (χ1n) is 3.26. The summed E-state index contributed by atoms with van der Waals surface area (Å²) in [4.78, 5) is 21.9. The van der Waals surface area contributed by atoms with E-state index in [0.29, 0.717) is 19.3 Å². The van der Waals surface area contributed by atoms with Crippen LogP contribution < -0.4 is 0 Å². The van der Waals surface area contributed by atoms with E-state index in [2.05, 4.69) is 6.58 Å². The van der Waals surface area contributed by atoms with Crippen molar-refractivity contribution in [1.82, 2.24) is 4.90 Å². The van der Waals surface area contributed by atoms with Gasteiger partial charge in [-0.2, -0.15) is 0 Å². The van der Waals surface area contributed by atoms with Gasteiger partial charge in [0.1, 0.15) is 6.29 Å². The Morgan fingerprint density at radius 3 is 2.82 bits per heavy atom. The van der Waals surface area contributed by atoms with Crippen molar-refractivity contribution in [3.05, 3.63) is 12.2 Å². The molecule has 1 fully saturated rings. The number of hydrogen-bond acceptors (Lipinski definition) is 2. The molecule has 0 aromatic heterocycles. The molecular weight excluding hydrogens is 146 g/mol. The van der Waals surface area contributed by atoms with Crippen molar-refractivity contribution in [3.8, 4) is 0 Å². The van der Waals surface area contributed by atoms with Gasteiger partial charge in [0.05, 0.1) is 6.04 Å². The van der Waals surface area contributed by atoms with Gasteiger partial charge in [-0.05, 0) is 6.42 Å². The van der Waals surface area contributed by atoms with Crippen LogP contribution in [0.15, 0.2) is 12.2 Å². The van der Waals surface area contributed by atoms with Crippen molar-refractivity contribution in [1.29, 1.82) is 0 Å². The summed E-state index contributed by atoms with van der Waals surface area (Å²) >= 11 is 0. The van der Waals surface area contributed by atoms with Crippen molar-refractivity contribution in [2.75, 3.05) is 6.54 Å². The number of aldehydes is 1. The van der Waals surface area contributed by atoms with Gasteiger partial charge in [0.2, 0.25) is 0 Å². The number of hydrogen-bond donors (Lipinski definition) is 1. The summed E-state index contributed by atoms with van der Waals surface area (Å²) in [7, 11) is 0. The molecule has 0 saturated carbocycles. The van der Waals surface area contributed by atoms with Crippen molar-refractivity contribution in [2.45, 2.75) is 12.5 Å². The number of rotatable bonds is 1. The molecule has 0 bridgehead atoms. The number of amides is 1. The summed E-state index contributed by atoms with van der Waals surface area (Å²) in [5, 5.41) is 8.56. The smallest absolute Gasteiger partial charge is 0.408 e. The Bertz CT molecular complexity index is 212. The van der Waals surface area contributed by atoms with Crippen molar-refractivity contribution in [3.63, 3.8) is 0 Å². The predicted octanol–water partition coefficient (Wildman–Crippen LogP) is 0.494. The van der Waals surface area contributed by atoms with Gasteiger partial charge < -0.3 is 9.90 Å². The first-order valence-corrected chi connectivity index (χ1v) is 3.26. The molecule has 1 saturated heterocycles. The topological polar surface area (TPSA) is 57.6 Å². The largest absolute Gasteiger partial charge is 0.465 e. The number of nitrogens with zero attached hydrogens (tertiary/aromatic N) is 1. The lowest BCUT2D eigenvalue weighted by atomic mass is 10.2. The van der Waals surface area contributed by atoms with Gasteiger partial charge >= 0.3 is 6.09 Å². The normalized spacial score (nSPS) is 23.8. The van der Waals surface area contributed by atoms with E-state index in [0.717, 1.165) is 10.5 Å². The highest BCUT2D eigenvalue weighted by Gasteiger charge is 2.29. The molecule has 0 aliphatic carbocycles. The minimum absolute atomic E-state index is 0.290. The zero-order valence-electron chi connectivity index (χ0n) is 5.99. The van der Waals surface area contributed by atoms with E-state index in [1.165, 1.54) is 0 Å². The van der Waals surface area contributed by atoms with Crippen molar-refractivity contribution < 1.29 is 14.7 Å². The molecule has 0 aromatic rings.